The lowest BCUT2D eigenvalue weighted by Gasteiger charge is -2.18. The Morgan fingerprint density at radius 1 is 1.21 bits per heavy atom. The molecule has 0 aliphatic heterocycles. The van der Waals surface area contributed by atoms with E-state index in [1.807, 2.05) is 11.3 Å². The van der Waals surface area contributed by atoms with E-state index in [0.717, 1.165) is 6.42 Å². The maximum atomic E-state index is 3.50. The van der Waals surface area contributed by atoms with Gasteiger partial charge in [-0.05, 0) is 66.4 Å². The Labute approximate surface area is 119 Å². The molecule has 0 fully saturated rings. The van der Waals surface area contributed by atoms with Gasteiger partial charge in [0.05, 0.1) is 6.04 Å². The van der Waals surface area contributed by atoms with Gasteiger partial charge in [-0.1, -0.05) is 25.1 Å². The largest absolute Gasteiger partial charge is 0.309 e. The van der Waals surface area contributed by atoms with Crippen molar-refractivity contribution in [2.24, 2.45) is 0 Å². The van der Waals surface area contributed by atoms with Gasteiger partial charge < -0.3 is 5.32 Å². The summed E-state index contributed by atoms with van der Waals surface area (Å²) in [6, 6.07) is 9.67. The SMILES string of the molecule is CCc1ccsc1C(NC)c1ccc2c(c1)CCC2. The Morgan fingerprint density at radius 2 is 2.05 bits per heavy atom. The van der Waals surface area contributed by atoms with E-state index in [0.29, 0.717) is 6.04 Å². The minimum atomic E-state index is 0.348. The van der Waals surface area contributed by atoms with E-state index in [4.69, 9.17) is 0 Å². The van der Waals surface area contributed by atoms with Gasteiger partial charge in [0.25, 0.3) is 0 Å². The van der Waals surface area contributed by atoms with Crippen molar-refractivity contribution in [3.8, 4) is 0 Å². The first-order valence-electron chi connectivity index (χ1n) is 7.18. The highest BCUT2D eigenvalue weighted by Gasteiger charge is 2.19. The summed E-state index contributed by atoms with van der Waals surface area (Å²) in [4.78, 5) is 1.47. The lowest BCUT2D eigenvalue weighted by molar-refractivity contribution is 0.696. The quantitative estimate of drug-likeness (QED) is 0.882. The Hall–Kier alpha value is -1.12. The molecule has 0 saturated heterocycles. The zero-order valence-electron chi connectivity index (χ0n) is 11.7. The van der Waals surface area contributed by atoms with Crippen molar-refractivity contribution in [3.05, 3.63) is 56.8 Å². The van der Waals surface area contributed by atoms with Crippen molar-refractivity contribution in [2.45, 2.75) is 38.6 Å². The van der Waals surface area contributed by atoms with Crippen molar-refractivity contribution < 1.29 is 0 Å². The molecule has 19 heavy (non-hydrogen) atoms. The first-order chi connectivity index (χ1) is 9.33. The standard InChI is InChI=1S/C17H21NS/c1-3-12-9-10-19-17(12)16(18-2)15-8-7-13-5-4-6-14(13)11-15/h7-11,16,18H,3-6H2,1-2H3. The van der Waals surface area contributed by atoms with Crippen LogP contribution in [0, 0.1) is 0 Å². The highest BCUT2D eigenvalue weighted by molar-refractivity contribution is 7.10. The first-order valence-corrected chi connectivity index (χ1v) is 8.06. The number of thiophene rings is 1. The lowest BCUT2D eigenvalue weighted by Crippen LogP contribution is -2.18. The number of fused-ring (bicyclic) bond motifs is 1. The molecule has 2 heteroatoms. The van der Waals surface area contributed by atoms with Gasteiger partial charge in [-0.25, -0.2) is 0 Å². The number of benzene rings is 1. The molecule has 1 aliphatic carbocycles. The zero-order valence-corrected chi connectivity index (χ0v) is 12.5. The van der Waals surface area contributed by atoms with Crippen LogP contribution >= 0.6 is 11.3 Å². The summed E-state index contributed by atoms with van der Waals surface area (Å²) < 4.78 is 0. The second kappa shape index (κ2) is 5.48. The highest BCUT2D eigenvalue weighted by Crippen LogP contribution is 2.32. The number of rotatable bonds is 4. The van der Waals surface area contributed by atoms with Crippen molar-refractivity contribution in [3.63, 3.8) is 0 Å². The van der Waals surface area contributed by atoms with E-state index >= 15 is 0 Å². The molecule has 1 aliphatic rings. The van der Waals surface area contributed by atoms with Crippen LogP contribution in [0.2, 0.25) is 0 Å². The van der Waals surface area contributed by atoms with Gasteiger partial charge in [0, 0.05) is 4.88 Å². The third-order valence-electron chi connectivity index (χ3n) is 4.17. The molecule has 3 rings (SSSR count). The average molecular weight is 271 g/mol. The van der Waals surface area contributed by atoms with Crippen LogP contribution in [0.5, 0.6) is 0 Å². The van der Waals surface area contributed by atoms with E-state index in [9.17, 15) is 0 Å². The molecule has 1 aromatic heterocycles. The average Bonchev–Trinajstić information content (AvgIpc) is 3.07. The predicted molar refractivity (Wildman–Crippen MR) is 83.1 cm³/mol. The highest BCUT2D eigenvalue weighted by atomic mass is 32.1. The Kier molecular flexibility index (Phi) is 3.72. The molecular formula is C17H21NS. The van der Waals surface area contributed by atoms with Crippen molar-refractivity contribution in [1.82, 2.24) is 5.32 Å². The molecule has 2 aromatic rings. The van der Waals surface area contributed by atoms with Crippen molar-refractivity contribution in [1.29, 1.82) is 0 Å². The van der Waals surface area contributed by atoms with Gasteiger partial charge in [0.15, 0.2) is 0 Å². The summed E-state index contributed by atoms with van der Waals surface area (Å²) in [5, 5.41) is 5.71. The molecule has 1 unspecified atom stereocenters. The number of nitrogens with one attached hydrogen (secondary N) is 1. The van der Waals surface area contributed by atoms with Crippen molar-refractivity contribution >= 4 is 11.3 Å². The third kappa shape index (κ3) is 2.35. The summed E-state index contributed by atoms with van der Waals surface area (Å²) in [6.45, 7) is 2.24. The van der Waals surface area contributed by atoms with Gasteiger partial charge in [-0.3, -0.25) is 0 Å². The smallest absolute Gasteiger partial charge is 0.0671 e. The van der Waals surface area contributed by atoms with Crippen LogP contribution in [0.4, 0.5) is 0 Å². The molecule has 1 heterocycles. The fourth-order valence-electron chi connectivity index (χ4n) is 3.11. The van der Waals surface area contributed by atoms with Gasteiger partial charge in [-0.15, -0.1) is 11.3 Å². The van der Waals surface area contributed by atoms with Crippen LogP contribution in [0.3, 0.4) is 0 Å². The molecule has 1 atom stereocenters. The van der Waals surface area contributed by atoms with Gasteiger partial charge in [-0.2, -0.15) is 0 Å². The monoisotopic (exact) mass is 271 g/mol. The molecule has 1 aromatic carbocycles. The second-order valence-electron chi connectivity index (χ2n) is 5.27. The molecule has 0 amide bonds. The maximum Gasteiger partial charge on any atom is 0.0671 e. The minimum Gasteiger partial charge on any atom is -0.309 e. The molecule has 0 bridgehead atoms. The second-order valence-corrected chi connectivity index (χ2v) is 6.21. The van der Waals surface area contributed by atoms with Gasteiger partial charge in [0.2, 0.25) is 0 Å². The maximum absolute atomic E-state index is 3.50. The van der Waals surface area contributed by atoms with Gasteiger partial charge >= 0.3 is 0 Å². The predicted octanol–water partition coefficient (Wildman–Crippen LogP) is 4.11. The minimum absolute atomic E-state index is 0.348. The summed E-state index contributed by atoms with van der Waals surface area (Å²) >= 11 is 1.87. The van der Waals surface area contributed by atoms with Crippen LogP contribution in [-0.4, -0.2) is 7.05 Å². The summed E-state index contributed by atoms with van der Waals surface area (Å²) in [7, 11) is 2.07. The Bertz CT molecular complexity index is 570. The lowest BCUT2D eigenvalue weighted by atomic mass is 9.98. The van der Waals surface area contributed by atoms with E-state index in [1.165, 1.54) is 35.3 Å². The summed E-state index contributed by atoms with van der Waals surface area (Å²) in [5.74, 6) is 0. The first kappa shape index (κ1) is 12.9. The number of aryl methyl sites for hydroxylation is 3. The fraction of sp³-hybridized carbons (Fsp3) is 0.412. The normalized spacial score (nSPS) is 15.5. The molecule has 1 nitrogen and oxygen atoms in total. The van der Waals surface area contributed by atoms with E-state index in [2.05, 4.69) is 48.9 Å². The summed E-state index contributed by atoms with van der Waals surface area (Å²) in [6.07, 6.45) is 4.95. The van der Waals surface area contributed by atoms with E-state index in [1.54, 1.807) is 11.1 Å². The van der Waals surface area contributed by atoms with Gasteiger partial charge in [0.1, 0.15) is 0 Å². The van der Waals surface area contributed by atoms with E-state index in [-0.39, 0.29) is 0 Å². The Morgan fingerprint density at radius 3 is 2.84 bits per heavy atom. The van der Waals surface area contributed by atoms with Crippen LogP contribution in [-0.2, 0) is 19.3 Å². The molecule has 0 radical (unpaired) electrons. The molecule has 1 N–H and O–H groups in total. The Balaban J connectivity index is 1.98. The van der Waals surface area contributed by atoms with Crippen LogP contribution in [0.1, 0.15) is 46.5 Å². The third-order valence-corrected chi connectivity index (χ3v) is 5.19. The molecule has 0 spiro atoms. The summed E-state index contributed by atoms with van der Waals surface area (Å²) in [5.41, 5.74) is 6.01. The number of hydrogen-bond donors (Lipinski definition) is 1. The topological polar surface area (TPSA) is 12.0 Å². The number of hydrogen-bond acceptors (Lipinski definition) is 2. The van der Waals surface area contributed by atoms with Crippen molar-refractivity contribution in [2.75, 3.05) is 7.05 Å². The van der Waals surface area contributed by atoms with Crippen LogP contribution in [0.15, 0.2) is 29.6 Å². The van der Waals surface area contributed by atoms with Crippen LogP contribution in [0.25, 0.3) is 0 Å². The van der Waals surface area contributed by atoms with Crippen LogP contribution < -0.4 is 5.32 Å². The fourth-order valence-corrected chi connectivity index (χ4v) is 4.25. The van der Waals surface area contributed by atoms with E-state index < -0.39 is 0 Å². The molecule has 0 saturated carbocycles. The molecular weight excluding hydrogens is 250 g/mol. The zero-order chi connectivity index (χ0) is 13.2. The molecule has 100 valence electrons.